The minimum Gasteiger partial charge on any atom is -0.303 e. The highest BCUT2D eigenvalue weighted by atomic mass is 16.1. The molecule has 0 bridgehead atoms. The average Bonchev–Trinajstić information content (AvgIpc) is 2.78. The van der Waals surface area contributed by atoms with Crippen LogP contribution in [-0.4, -0.2) is 6.29 Å². The zero-order valence-corrected chi connectivity index (χ0v) is 7.84. The van der Waals surface area contributed by atoms with E-state index in [0.29, 0.717) is 23.7 Å². The van der Waals surface area contributed by atoms with Crippen molar-refractivity contribution in [3.8, 4) is 0 Å². The van der Waals surface area contributed by atoms with Crippen LogP contribution in [0.3, 0.4) is 0 Å². The number of hydrogen-bond donors (Lipinski definition) is 0. The summed E-state index contributed by atoms with van der Waals surface area (Å²) in [6.07, 6.45) is 5.58. The molecule has 0 heterocycles. The number of benzene rings is 1. The molecule has 2 aliphatic rings. The molecule has 1 aromatic carbocycles. The van der Waals surface area contributed by atoms with Crippen LogP contribution in [0.4, 0.5) is 0 Å². The maximum atomic E-state index is 10.7. The lowest BCUT2D eigenvalue weighted by Gasteiger charge is -2.09. The molecule has 0 amide bonds. The van der Waals surface area contributed by atoms with E-state index in [1.807, 2.05) is 6.07 Å². The van der Waals surface area contributed by atoms with Crippen LogP contribution in [0.5, 0.6) is 0 Å². The van der Waals surface area contributed by atoms with Crippen LogP contribution in [0.2, 0.25) is 0 Å². The van der Waals surface area contributed by atoms with Crippen molar-refractivity contribution in [2.75, 3.05) is 0 Å². The monoisotopic (exact) mass is 184 g/mol. The molecule has 0 aromatic heterocycles. The molecule has 2 aliphatic carbocycles. The summed E-state index contributed by atoms with van der Waals surface area (Å²) < 4.78 is 0. The third-order valence-corrected chi connectivity index (χ3v) is 3.49. The van der Waals surface area contributed by atoms with Crippen LogP contribution in [0, 0.1) is 17.8 Å². The Kier molecular flexibility index (Phi) is 1.60. The van der Waals surface area contributed by atoms with Crippen molar-refractivity contribution in [1.82, 2.24) is 0 Å². The van der Waals surface area contributed by atoms with Gasteiger partial charge in [-0.05, 0) is 17.4 Å². The van der Waals surface area contributed by atoms with Gasteiger partial charge < -0.3 is 4.79 Å². The number of allylic oxidation sites excluding steroid dienone is 2. The van der Waals surface area contributed by atoms with Crippen LogP contribution in [0.15, 0.2) is 42.5 Å². The summed E-state index contributed by atoms with van der Waals surface area (Å²) in [7, 11) is 0. The Morgan fingerprint density at radius 1 is 1.07 bits per heavy atom. The smallest absolute Gasteiger partial charge is 0.124 e. The third kappa shape index (κ3) is 0.985. The first-order chi connectivity index (χ1) is 6.92. The number of carbonyl (C=O) groups excluding carboxylic acids is 1. The van der Waals surface area contributed by atoms with Gasteiger partial charge in [-0.15, -0.1) is 0 Å². The first kappa shape index (κ1) is 7.98. The number of rotatable bonds is 2. The first-order valence-electron chi connectivity index (χ1n) is 5.10. The fourth-order valence-electron chi connectivity index (χ4n) is 2.69. The summed E-state index contributed by atoms with van der Waals surface area (Å²) in [5.41, 5.74) is 1.35. The number of fused-ring (bicyclic) bond motifs is 1. The molecule has 1 saturated carbocycles. The fourth-order valence-corrected chi connectivity index (χ4v) is 2.69. The maximum absolute atomic E-state index is 10.7. The molecule has 1 heteroatoms. The van der Waals surface area contributed by atoms with Crippen molar-refractivity contribution in [3.05, 3.63) is 48.0 Å². The second kappa shape index (κ2) is 2.81. The molecule has 0 spiro atoms. The van der Waals surface area contributed by atoms with E-state index in [1.54, 1.807) is 0 Å². The third-order valence-electron chi connectivity index (χ3n) is 3.49. The molecule has 1 unspecified atom stereocenters. The van der Waals surface area contributed by atoms with Gasteiger partial charge in [0, 0.05) is 11.8 Å². The van der Waals surface area contributed by atoms with E-state index in [1.165, 1.54) is 5.56 Å². The minimum absolute atomic E-state index is 0.296. The Balaban J connectivity index is 1.89. The highest BCUT2D eigenvalue weighted by Gasteiger charge is 2.55. The topological polar surface area (TPSA) is 17.1 Å². The zero-order chi connectivity index (χ0) is 9.54. The van der Waals surface area contributed by atoms with Crippen LogP contribution in [0.1, 0.15) is 11.5 Å². The second-order valence-corrected chi connectivity index (χ2v) is 4.19. The Labute approximate surface area is 83.4 Å². The van der Waals surface area contributed by atoms with Gasteiger partial charge in [0.05, 0.1) is 0 Å². The van der Waals surface area contributed by atoms with Crippen molar-refractivity contribution >= 4 is 6.29 Å². The number of hydrogen-bond acceptors (Lipinski definition) is 1. The Bertz CT molecular complexity index is 375. The highest BCUT2D eigenvalue weighted by molar-refractivity contribution is 5.63. The normalized spacial score (nSPS) is 38.0. The van der Waals surface area contributed by atoms with E-state index in [2.05, 4.69) is 36.4 Å². The van der Waals surface area contributed by atoms with Crippen molar-refractivity contribution in [3.63, 3.8) is 0 Å². The van der Waals surface area contributed by atoms with Gasteiger partial charge in [0.25, 0.3) is 0 Å². The van der Waals surface area contributed by atoms with Crippen molar-refractivity contribution in [1.29, 1.82) is 0 Å². The minimum atomic E-state index is 0.296. The van der Waals surface area contributed by atoms with Gasteiger partial charge in [-0.25, -0.2) is 0 Å². The molecule has 4 atom stereocenters. The van der Waals surface area contributed by atoms with Gasteiger partial charge in [-0.2, -0.15) is 0 Å². The van der Waals surface area contributed by atoms with Gasteiger partial charge >= 0.3 is 0 Å². The molecule has 0 saturated heterocycles. The zero-order valence-electron chi connectivity index (χ0n) is 7.84. The Morgan fingerprint density at radius 3 is 2.50 bits per heavy atom. The van der Waals surface area contributed by atoms with E-state index in [4.69, 9.17) is 0 Å². The lowest BCUT2D eigenvalue weighted by atomic mass is 9.95. The van der Waals surface area contributed by atoms with Crippen molar-refractivity contribution in [2.45, 2.75) is 5.92 Å². The average molecular weight is 184 g/mol. The van der Waals surface area contributed by atoms with Crippen molar-refractivity contribution in [2.24, 2.45) is 17.8 Å². The fraction of sp³-hybridized carbons (Fsp3) is 0.308. The van der Waals surface area contributed by atoms with E-state index in [9.17, 15) is 4.79 Å². The summed E-state index contributed by atoms with van der Waals surface area (Å²) in [6.45, 7) is 0. The standard InChI is InChI=1S/C13H12O/c14-8-12-11-7-6-10(13(11)12)9-4-2-1-3-5-9/h1-8,10-13H/t10-,11-,12?,13-/m0/s1. The molecule has 1 nitrogen and oxygen atoms in total. The predicted molar refractivity (Wildman–Crippen MR) is 54.9 cm³/mol. The molecule has 3 rings (SSSR count). The Hall–Kier alpha value is -1.37. The maximum Gasteiger partial charge on any atom is 0.124 e. The molecule has 1 aromatic rings. The summed E-state index contributed by atoms with van der Waals surface area (Å²) >= 11 is 0. The molecule has 14 heavy (non-hydrogen) atoms. The van der Waals surface area contributed by atoms with Crippen LogP contribution in [0.25, 0.3) is 0 Å². The van der Waals surface area contributed by atoms with Crippen LogP contribution < -0.4 is 0 Å². The predicted octanol–water partition coefficient (Wildman–Crippen LogP) is 2.40. The summed E-state index contributed by atoms with van der Waals surface area (Å²) in [6, 6.07) is 10.5. The molecular formula is C13H12O. The van der Waals surface area contributed by atoms with E-state index < -0.39 is 0 Å². The van der Waals surface area contributed by atoms with E-state index >= 15 is 0 Å². The van der Waals surface area contributed by atoms with Gasteiger partial charge in [-0.3, -0.25) is 0 Å². The number of carbonyl (C=O) groups is 1. The van der Waals surface area contributed by atoms with Gasteiger partial charge in [-0.1, -0.05) is 42.5 Å². The number of aldehydes is 1. The summed E-state index contributed by atoms with van der Waals surface area (Å²) in [5.74, 6) is 1.88. The van der Waals surface area contributed by atoms with Gasteiger partial charge in [0.1, 0.15) is 6.29 Å². The van der Waals surface area contributed by atoms with Crippen LogP contribution >= 0.6 is 0 Å². The SMILES string of the molecule is O=CC1[C@H]2[C@H](c3ccccc3)C=C[C@@H]12. The van der Waals surface area contributed by atoms with E-state index in [-0.39, 0.29) is 0 Å². The molecule has 0 radical (unpaired) electrons. The van der Waals surface area contributed by atoms with Gasteiger partial charge in [0.2, 0.25) is 0 Å². The quantitative estimate of drug-likeness (QED) is 0.509. The molecule has 70 valence electrons. The molecule has 1 fully saturated rings. The summed E-state index contributed by atoms with van der Waals surface area (Å²) in [5, 5.41) is 0. The Morgan fingerprint density at radius 2 is 1.86 bits per heavy atom. The van der Waals surface area contributed by atoms with E-state index in [0.717, 1.165) is 6.29 Å². The lowest BCUT2D eigenvalue weighted by Crippen LogP contribution is -1.98. The largest absolute Gasteiger partial charge is 0.303 e. The molecule has 0 N–H and O–H groups in total. The first-order valence-corrected chi connectivity index (χ1v) is 5.10. The summed E-state index contributed by atoms with van der Waals surface area (Å²) in [4.78, 5) is 10.7. The van der Waals surface area contributed by atoms with Crippen molar-refractivity contribution < 1.29 is 4.79 Å². The molecular weight excluding hydrogens is 172 g/mol. The second-order valence-electron chi connectivity index (χ2n) is 4.19. The van der Waals surface area contributed by atoms with Crippen LogP contribution in [-0.2, 0) is 4.79 Å². The lowest BCUT2D eigenvalue weighted by molar-refractivity contribution is -0.109. The van der Waals surface area contributed by atoms with Gasteiger partial charge in [0.15, 0.2) is 0 Å². The highest BCUT2D eigenvalue weighted by Crippen LogP contribution is 2.58. The molecule has 0 aliphatic heterocycles.